The number of halogens is 1. The molecule has 204 valence electrons. The third-order valence-electron chi connectivity index (χ3n) is 7.93. The molecule has 2 aromatic carbocycles. The molecule has 1 aliphatic rings. The number of para-hydroxylation sites is 1. The Morgan fingerprint density at radius 3 is 2.71 bits per heavy atom. The highest BCUT2D eigenvalue weighted by molar-refractivity contribution is 5.97. The third-order valence-corrected chi connectivity index (χ3v) is 7.93. The molecular weight excluding hydrogens is 513 g/mol. The highest BCUT2D eigenvalue weighted by Crippen LogP contribution is 2.33. The van der Waals surface area contributed by atoms with Crippen molar-refractivity contribution in [3.63, 3.8) is 0 Å². The van der Waals surface area contributed by atoms with Crippen molar-refractivity contribution in [3.8, 4) is 33.9 Å². The molecule has 0 saturated heterocycles. The summed E-state index contributed by atoms with van der Waals surface area (Å²) in [7, 11) is 0. The molecule has 4 heterocycles. The average molecular weight is 544 g/mol. The molecule has 0 aliphatic heterocycles. The van der Waals surface area contributed by atoms with Gasteiger partial charge in [-0.2, -0.15) is 5.10 Å². The Kier molecular flexibility index (Phi) is 6.51. The summed E-state index contributed by atoms with van der Waals surface area (Å²) in [5.41, 5.74) is 8.34. The number of imidazole rings is 1. The molecule has 7 nitrogen and oxygen atoms in total. The summed E-state index contributed by atoms with van der Waals surface area (Å²) in [4.78, 5) is 17.4. The van der Waals surface area contributed by atoms with Crippen LogP contribution in [0.3, 0.4) is 0 Å². The van der Waals surface area contributed by atoms with Gasteiger partial charge in [0.25, 0.3) is 0 Å². The van der Waals surface area contributed by atoms with Crippen LogP contribution in [-0.2, 0) is 0 Å². The fourth-order valence-electron chi connectivity index (χ4n) is 5.93. The summed E-state index contributed by atoms with van der Waals surface area (Å²) >= 11 is 0. The molecule has 0 amide bonds. The standard InChI is InChI=1S/C33H30FN7/c1-20(13-21-7-3-2-4-8-21)37-25-15-23(17-35-18-25)29-16-27-30(19-36-29)40-41-32(27)33-38-28-12-6-11-26(31(28)39-33)22-9-5-10-24(34)14-22/h5-6,9-12,14-19,21,37H,1-4,7-8,13H2,(H,38,39)(H,40,41). The number of nitrogens with one attached hydrogen (secondary N) is 3. The monoisotopic (exact) mass is 543 g/mol. The second-order valence-corrected chi connectivity index (χ2v) is 10.9. The number of hydrogen-bond donors (Lipinski definition) is 3. The Hall–Kier alpha value is -4.85. The zero-order chi connectivity index (χ0) is 27.8. The van der Waals surface area contributed by atoms with E-state index in [1.807, 2.05) is 42.7 Å². The van der Waals surface area contributed by atoms with Crippen molar-refractivity contribution in [2.45, 2.75) is 38.5 Å². The number of anilines is 1. The van der Waals surface area contributed by atoms with Crippen LogP contribution in [0, 0.1) is 11.7 Å². The molecule has 0 unspecified atom stereocenters. The van der Waals surface area contributed by atoms with Crippen LogP contribution in [0.2, 0.25) is 0 Å². The maximum absolute atomic E-state index is 14.0. The van der Waals surface area contributed by atoms with Crippen LogP contribution in [0.5, 0.6) is 0 Å². The van der Waals surface area contributed by atoms with Crippen molar-refractivity contribution in [1.29, 1.82) is 0 Å². The van der Waals surface area contributed by atoms with E-state index in [1.165, 1.54) is 44.2 Å². The highest BCUT2D eigenvalue weighted by atomic mass is 19.1. The molecule has 6 aromatic rings. The Bertz CT molecular complexity index is 1880. The van der Waals surface area contributed by atoms with Crippen molar-refractivity contribution in [2.24, 2.45) is 5.92 Å². The second kappa shape index (κ2) is 10.6. The molecule has 3 N–H and O–H groups in total. The molecular formula is C33H30FN7. The fourth-order valence-corrected chi connectivity index (χ4v) is 5.93. The number of allylic oxidation sites excluding steroid dienone is 1. The Morgan fingerprint density at radius 2 is 1.83 bits per heavy atom. The molecule has 41 heavy (non-hydrogen) atoms. The molecule has 0 radical (unpaired) electrons. The van der Waals surface area contributed by atoms with Gasteiger partial charge in [-0.05, 0) is 48.2 Å². The van der Waals surface area contributed by atoms with E-state index in [-0.39, 0.29) is 5.82 Å². The van der Waals surface area contributed by atoms with Crippen LogP contribution in [-0.4, -0.2) is 30.1 Å². The largest absolute Gasteiger partial charge is 0.358 e. The first-order chi connectivity index (χ1) is 20.1. The van der Waals surface area contributed by atoms with Crippen molar-refractivity contribution in [3.05, 3.63) is 91.3 Å². The quantitative estimate of drug-likeness (QED) is 0.188. The molecule has 4 aromatic heterocycles. The van der Waals surface area contributed by atoms with E-state index < -0.39 is 0 Å². The topological polar surface area (TPSA) is 95.2 Å². The van der Waals surface area contributed by atoms with Crippen LogP contribution in [0.1, 0.15) is 38.5 Å². The average Bonchev–Trinajstić information content (AvgIpc) is 3.61. The lowest BCUT2D eigenvalue weighted by atomic mass is 9.86. The third kappa shape index (κ3) is 5.09. The van der Waals surface area contributed by atoms with E-state index in [2.05, 4.69) is 43.1 Å². The van der Waals surface area contributed by atoms with Gasteiger partial charge in [0.2, 0.25) is 0 Å². The zero-order valence-electron chi connectivity index (χ0n) is 22.6. The zero-order valence-corrected chi connectivity index (χ0v) is 22.6. The number of H-pyrrole nitrogens is 2. The lowest BCUT2D eigenvalue weighted by Gasteiger charge is -2.22. The minimum absolute atomic E-state index is 0.282. The maximum Gasteiger partial charge on any atom is 0.159 e. The lowest BCUT2D eigenvalue weighted by molar-refractivity contribution is 0.357. The number of pyridine rings is 2. The number of nitrogens with zero attached hydrogens (tertiary/aromatic N) is 4. The first-order valence-electron chi connectivity index (χ1n) is 14.1. The number of aromatic amines is 2. The minimum atomic E-state index is -0.282. The van der Waals surface area contributed by atoms with E-state index in [9.17, 15) is 4.39 Å². The predicted octanol–water partition coefficient (Wildman–Crippen LogP) is 8.27. The van der Waals surface area contributed by atoms with Crippen LogP contribution in [0.25, 0.3) is 55.8 Å². The van der Waals surface area contributed by atoms with Gasteiger partial charge in [-0.1, -0.05) is 62.9 Å². The summed E-state index contributed by atoms with van der Waals surface area (Å²) in [5.74, 6) is 1.06. The van der Waals surface area contributed by atoms with Gasteiger partial charge in [-0.15, -0.1) is 0 Å². The summed E-state index contributed by atoms with van der Waals surface area (Å²) in [6, 6.07) is 16.5. The van der Waals surface area contributed by atoms with Crippen molar-refractivity contribution < 1.29 is 4.39 Å². The Labute approximate surface area is 237 Å². The Balaban J connectivity index is 1.19. The normalized spacial score (nSPS) is 14.1. The molecule has 1 aliphatic carbocycles. The van der Waals surface area contributed by atoms with E-state index >= 15 is 0 Å². The van der Waals surface area contributed by atoms with Crippen molar-refractivity contribution in [1.82, 2.24) is 30.1 Å². The van der Waals surface area contributed by atoms with Gasteiger partial charge in [0.1, 0.15) is 11.5 Å². The van der Waals surface area contributed by atoms with E-state index in [0.717, 1.165) is 62.1 Å². The predicted molar refractivity (Wildman–Crippen MR) is 162 cm³/mol. The summed E-state index contributed by atoms with van der Waals surface area (Å²) in [6.07, 6.45) is 13.0. The highest BCUT2D eigenvalue weighted by Gasteiger charge is 2.17. The van der Waals surface area contributed by atoms with Crippen molar-refractivity contribution >= 4 is 27.6 Å². The van der Waals surface area contributed by atoms with Crippen LogP contribution in [0.15, 0.2) is 85.5 Å². The number of hydrogen-bond acceptors (Lipinski definition) is 5. The number of rotatable bonds is 7. The van der Waals surface area contributed by atoms with Gasteiger partial charge < -0.3 is 10.3 Å². The molecule has 1 fully saturated rings. The van der Waals surface area contributed by atoms with Gasteiger partial charge in [0.05, 0.1) is 40.3 Å². The first-order valence-corrected chi connectivity index (χ1v) is 14.1. The molecule has 0 spiro atoms. The molecule has 7 rings (SSSR count). The van der Waals surface area contributed by atoms with Gasteiger partial charge in [0.15, 0.2) is 5.82 Å². The van der Waals surface area contributed by atoms with Crippen LogP contribution < -0.4 is 5.32 Å². The Morgan fingerprint density at radius 1 is 0.951 bits per heavy atom. The summed E-state index contributed by atoms with van der Waals surface area (Å²) in [6.45, 7) is 4.28. The fraction of sp³-hybridized carbons (Fsp3) is 0.212. The van der Waals surface area contributed by atoms with Gasteiger partial charge >= 0.3 is 0 Å². The van der Waals surface area contributed by atoms with Crippen LogP contribution >= 0.6 is 0 Å². The first kappa shape index (κ1) is 25.1. The maximum atomic E-state index is 14.0. The minimum Gasteiger partial charge on any atom is -0.358 e. The van der Waals surface area contributed by atoms with E-state index in [1.54, 1.807) is 12.3 Å². The number of benzene rings is 2. The van der Waals surface area contributed by atoms with Crippen molar-refractivity contribution in [2.75, 3.05) is 5.32 Å². The summed E-state index contributed by atoms with van der Waals surface area (Å²) < 4.78 is 14.0. The van der Waals surface area contributed by atoms with E-state index in [4.69, 9.17) is 4.98 Å². The smallest absolute Gasteiger partial charge is 0.159 e. The SMILES string of the molecule is C=C(CC1CCCCC1)Nc1cncc(-c2cc3c(-c4nc5c(-c6cccc(F)c6)cccc5[nH]4)n[nH]c3cn2)c1. The summed E-state index contributed by atoms with van der Waals surface area (Å²) in [5, 5.41) is 12.0. The molecule has 0 atom stereocenters. The molecule has 8 heteroatoms. The van der Waals surface area contributed by atoms with E-state index in [0.29, 0.717) is 17.4 Å². The lowest BCUT2D eigenvalue weighted by Crippen LogP contribution is -2.10. The van der Waals surface area contributed by atoms with Gasteiger partial charge in [-0.25, -0.2) is 9.37 Å². The molecule has 0 bridgehead atoms. The second-order valence-electron chi connectivity index (χ2n) is 10.9. The number of aromatic nitrogens is 6. The van der Waals surface area contributed by atoms with Gasteiger partial charge in [-0.3, -0.25) is 15.1 Å². The van der Waals surface area contributed by atoms with Gasteiger partial charge in [0, 0.05) is 28.4 Å². The number of fused-ring (bicyclic) bond motifs is 2. The van der Waals surface area contributed by atoms with Crippen LogP contribution in [0.4, 0.5) is 10.1 Å². The molecule has 1 saturated carbocycles.